The quantitative estimate of drug-likeness (QED) is 0.492. The Bertz CT molecular complexity index is 311. The number of carbonyl (C=O) groups excluding carboxylic acids is 1. The minimum Gasteiger partial charge on any atom is -0.508 e. The minimum absolute atomic E-state index is 0. The van der Waals surface area contributed by atoms with Crippen LogP contribution in [-0.4, -0.2) is 37.5 Å². The van der Waals surface area contributed by atoms with Crippen molar-refractivity contribution < 1.29 is 36.5 Å². The van der Waals surface area contributed by atoms with Gasteiger partial charge in [0.25, 0.3) is 0 Å². The van der Waals surface area contributed by atoms with Crippen molar-refractivity contribution in [2.24, 2.45) is 0 Å². The van der Waals surface area contributed by atoms with Crippen molar-refractivity contribution in [3.63, 3.8) is 0 Å². The maximum atomic E-state index is 10.8. The van der Waals surface area contributed by atoms with E-state index in [1.54, 1.807) is 0 Å². The van der Waals surface area contributed by atoms with Gasteiger partial charge in [0, 0.05) is 12.1 Å². The summed E-state index contributed by atoms with van der Waals surface area (Å²) in [4.78, 5) is 10.8. The van der Waals surface area contributed by atoms with Gasteiger partial charge >= 0.3 is 0 Å². The Morgan fingerprint density at radius 3 is 1.60 bits per heavy atom. The second-order valence-electron chi connectivity index (χ2n) is 2.42. The van der Waals surface area contributed by atoms with Gasteiger partial charge in [0.1, 0.15) is 22.8 Å². The summed E-state index contributed by atoms with van der Waals surface area (Å²) < 4.78 is 0. The number of phenols is 3. The highest BCUT2D eigenvalue weighted by Gasteiger charge is 2.13. The van der Waals surface area contributed by atoms with Gasteiger partial charge in [-0.25, -0.2) is 0 Å². The Kier molecular flexibility index (Phi) is 8.30. The Hall–Kier alpha value is -1.83. The first-order chi connectivity index (χ1) is 5.52. The number of hydrogen-bond acceptors (Lipinski definition) is 4. The highest BCUT2D eigenvalue weighted by Crippen LogP contribution is 2.31. The molecule has 0 radical (unpaired) electrons. The van der Waals surface area contributed by atoms with Crippen molar-refractivity contribution in [1.29, 1.82) is 0 Å². The fraction of sp³-hybridized carbons (Fsp3) is 0.125. The summed E-state index contributed by atoms with van der Waals surface area (Å²) in [5.74, 6) is -1.57. The molecule has 7 nitrogen and oxygen atoms in total. The molecule has 0 aromatic heterocycles. The van der Waals surface area contributed by atoms with Gasteiger partial charge in [-0.3, -0.25) is 4.79 Å². The zero-order valence-corrected chi connectivity index (χ0v) is 7.90. The van der Waals surface area contributed by atoms with Gasteiger partial charge in [0.2, 0.25) is 0 Å². The first-order valence-electron chi connectivity index (χ1n) is 3.28. The Morgan fingerprint density at radius 1 is 1.00 bits per heavy atom. The van der Waals surface area contributed by atoms with Gasteiger partial charge in [-0.2, -0.15) is 0 Å². The number of aromatic hydroxyl groups is 3. The van der Waals surface area contributed by atoms with Crippen LogP contribution in [0.15, 0.2) is 12.1 Å². The normalized spacial score (nSPS) is 7.80. The summed E-state index contributed by atoms with van der Waals surface area (Å²) in [6.45, 7) is 1.21. The van der Waals surface area contributed by atoms with Gasteiger partial charge in [0.05, 0.1) is 0 Å². The molecule has 15 heavy (non-hydrogen) atoms. The third-order valence-corrected chi connectivity index (χ3v) is 1.43. The molecule has 9 N–H and O–H groups in total. The molecule has 1 rings (SSSR count). The van der Waals surface area contributed by atoms with Crippen LogP contribution in [0.25, 0.3) is 0 Å². The molecular formula is C8H14O7. The summed E-state index contributed by atoms with van der Waals surface area (Å²) in [7, 11) is 0. The second-order valence-corrected chi connectivity index (χ2v) is 2.42. The lowest BCUT2D eigenvalue weighted by atomic mass is 10.1. The maximum Gasteiger partial charge on any atom is 0.167 e. The average molecular weight is 222 g/mol. The number of phenolic OH excluding ortho intramolecular Hbond substituents is 3. The molecule has 0 aliphatic carbocycles. The molecule has 1 aromatic carbocycles. The lowest BCUT2D eigenvalue weighted by Gasteiger charge is -2.03. The monoisotopic (exact) mass is 222 g/mol. The molecule has 0 spiro atoms. The molecule has 1 aromatic rings. The van der Waals surface area contributed by atoms with Crippen LogP contribution in [0.2, 0.25) is 0 Å². The molecule has 0 bridgehead atoms. The summed E-state index contributed by atoms with van der Waals surface area (Å²) in [6.07, 6.45) is 0. The molecule has 7 heteroatoms. The van der Waals surface area contributed by atoms with Crippen molar-refractivity contribution >= 4 is 5.78 Å². The molecule has 0 aliphatic rings. The van der Waals surface area contributed by atoms with Gasteiger partial charge in [-0.15, -0.1) is 0 Å². The number of hydrogen-bond donors (Lipinski definition) is 3. The summed E-state index contributed by atoms with van der Waals surface area (Å²) in [5.41, 5.74) is -0.173. The van der Waals surface area contributed by atoms with E-state index < -0.39 is 17.3 Å². The molecule has 0 saturated heterocycles. The molecule has 0 fully saturated rings. The Morgan fingerprint density at radius 2 is 1.33 bits per heavy atom. The van der Waals surface area contributed by atoms with E-state index in [4.69, 9.17) is 15.3 Å². The van der Waals surface area contributed by atoms with Crippen molar-refractivity contribution in [2.75, 3.05) is 0 Å². The number of Topliss-reactive ketones (excluding diaryl/α,β-unsaturated/α-hetero) is 1. The standard InChI is InChI=1S/C8H8O4.3H2O/c1-4(9)8-6(11)2-5(10)3-7(8)12;;;/h2-3,10-12H,1H3;3*1H2. The number of ketones is 1. The van der Waals surface area contributed by atoms with E-state index in [1.807, 2.05) is 0 Å². The lowest BCUT2D eigenvalue weighted by molar-refractivity contribution is 0.101. The minimum atomic E-state index is -0.454. The van der Waals surface area contributed by atoms with Crippen molar-refractivity contribution in [2.45, 2.75) is 6.92 Å². The summed E-state index contributed by atoms with van der Waals surface area (Å²) >= 11 is 0. The molecule has 0 unspecified atom stereocenters. The molecule has 0 amide bonds. The average Bonchev–Trinajstić information content (AvgIpc) is 1.82. The topological polar surface area (TPSA) is 172 Å². The van der Waals surface area contributed by atoms with Crippen LogP contribution in [-0.2, 0) is 0 Å². The molecule has 0 heterocycles. The Labute approximate surface area is 85.1 Å². The fourth-order valence-corrected chi connectivity index (χ4v) is 0.958. The van der Waals surface area contributed by atoms with Crippen molar-refractivity contribution in [1.82, 2.24) is 0 Å². The first-order valence-corrected chi connectivity index (χ1v) is 3.28. The zero-order valence-electron chi connectivity index (χ0n) is 7.90. The molecule has 0 aliphatic heterocycles. The molecular weight excluding hydrogens is 208 g/mol. The van der Waals surface area contributed by atoms with Crippen LogP contribution in [0, 0.1) is 0 Å². The van der Waals surface area contributed by atoms with Crippen LogP contribution < -0.4 is 0 Å². The van der Waals surface area contributed by atoms with Crippen molar-refractivity contribution in [3.8, 4) is 17.2 Å². The Balaban J connectivity index is -0.000000480. The van der Waals surface area contributed by atoms with E-state index >= 15 is 0 Å². The summed E-state index contributed by atoms with van der Waals surface area (Å²) in [5, 5.41) is 27.1. The molecule has 0 saturated carbocycles. The smallest absolute Gasteiger partial charge is 0.167 e. The predicted molar refractivity (Wildman–Crippen MR) is 52.3 cm³/mol. The van der Waals surface area contributed by atoms with E-state index in [0.29, 0.717) is 0 Å². The van der Waals surface area contributed by atoms with Gasteiger partial charge in [-0.1, -0.05) is 0 Å². The lowest BCUT2D eigenvalue weighted by Crippen LogP contribution is -1.92. The highest BCUT2D eigenvalue weighted by atomic mass is 16.3. The van der Waals surface area contributed by atoms with E-state index in [9.17, 15) is 4.79 Å². The van der Waals surface area contributed by atoms with Gasteiger partial charge < -0.3 is 31.7 Å². The van der Waals surface area contributed by atoms with Gasteiger partial charge in [0.15, 0.2) is 5.78 Å². The van der Waals surface area contributed by atoms with Crippen LogP contribution in [0.3, 0.4) is 0 Å². The van der Waals surface area contributed by atoms with Crippen LogP contribution in [0.4, 0.5) is 0 Å². The third kappa shape index (κ3) is 3.81. The van der Waals surface area contributed by atoms with Crippen LogP contribution in [0.1, 0.15) is 17.3 Å². The fourth-order valence-electron chi connectivity index (χ4n) is 0.958. The molecule has 88 valence electrons. The zero-order chi connectivity index (χ0) is 9.30. The molecule has 0 atom stereocenters. The second kappa shape index (κ2) is 6.60. The number of carbonyl (C=O) groups is 1. The van der Waals surface area contributed by atoms with Crippen LogP contribution >= 0.6 is 0 Å². The third-order valence-electron chi connectivity index (χ3n) is 1.43. The highest BCUT2D eigenvalue weighted by molar-refractivity contribution is 5.99. The number of rotatable bonds is 1. The largest absolute Gasteiger partial charge is 0.508 e. The van der Waals surface area contributed by atoms with E-state index in [1.165, 1.54) is 6.92 Å². The summed E-state index contributed by atoms with van der Waals surface area (Å²) in [6, 6.07) is 1.99. The van der Waals surface area contributed by atoms with E-state index in [0.717, 1.165) is 12.1 Å². The van der Waals surface area contributed by atoms with Crippen molar-refractivity contribution in [3.05, 3.63) is 17.7 Å². The van der Waals surface area contributed by atoms with Crippen LogP contribution in [0.5, 0.6) is 17.2 Å². The maximum absolute atomic E-state index is 10.8. The van der Waals surface area contributed by atoms with E-state index in [2.05, 4.69) is 0 Å². The van der Waals surface area contributed by atoms with Gasteiger partial charge in [-0.05, 0) is 6.92 Å². The predicted octanol–water partition coefficient (Wildman–Crippen LogP) is -1.47. The number of benzene rings is 1. The van der Waals surface area contributed by atoms with E-state index in [-0.39, 0.29) is 27.7 Å². The SMILES string of the molecule is CC(=O)c1c(O)cc(O)cc1O.O.O.O. The first kappa shape index (κ1) is 18.9.